The molecule has 1 heterocycles. The Morgan fingerprint density at radius 1 is 1.33 bits per heavy atom. The molecule has 0 aliphatic carbocycles. The zero-order valence-electron chi connectivity index (χ0n) is 10.1. The van der Waals surface area contributed by atoms with Crippen molar-refractivity contribution in [2.75, 3.05) is 7.05 Å². The van der Waals surface area contributed by atoms with Crippen molar-refractivity contribution >= 4 is 11.6 Å². The minimum absolute atomic E-state index is 0.147. The van der Waals surface area contributed by atoms with Gasteiger partial charge in [-0.25, -0.2) is 4.98 Å². The maximum atomic E-state index is 6.09. The third kappa shape index (κ3) is 3.47. The molecule has 0 spiro atoms. The Bertz CT molecular complexity index is 342. The van der Waals surface area contributed by atoms with Crippen LogP contribution >= 0.6 is 11.6 Å². The maximum Gasteiger partial charge on any atom is 0.133 e. The highest BCUT2D eigenvalue weighted by Gasteiger charge is 2.18. The molecular formula is C12H19ClN2. The molecule has 0 fully saturated rings. The van der Waals surface area contributed by atoms with E-state index in [1.54, 1.807) is 0 Å². The Balaban J connectivity index is 2.82. The maximum absolute atomic E-state index is 6.09. The van der Waals surface area contributed by atoms with Crippen LogP contribution in [0.1, 0.15) is 32.0 Å². The minimum atomic E-state index is 0.147. The number of pyridine rings is 1. The lowest BCUT2D eigenvalue weighted by atomic mass is 10.1. The van der Waals surface area contributed by atoms with Gasteiger partial charge in [-0.1, -0.05) is 17.7 Å². The summed E-state index contributed by atoms with van der Waals surface area (Å²) >= 11 is 6.09. The molecule has 0 N–H and O–H groups in total. The second-order valence-corrected chi connectivity index (χ2v) is 5.29. The van der Waals surface area contributed by atoms with Gasteiger partial charge in [-0.2, -0.15) is 0 Å². The molecule has 0 radical (unpaired) electrons. The van der Waals surface area contributed by atoms with Crippen molar-refractivity contribution < 1.29 is 0 Å². The van der Waals surface area contributed by atoms with Crippen molar-refractivity contribution in [2.24, 2.45) is 0 Å². The van der Waals surface area contributed by atoms with E-state index >= 15 is 0 Å². The molecule has 1 aromatic heterocycles. The van der Waals surface area contributed by atoms with Gasteiger partial charge in [0.05, 0.1) is 0 Å². The second-order valence-electron chi connectivity index (χ2n) is 4.93. The Kier molecular flexibility index (Phi) is 3.74. The molecule has 0 saturated carbocycles. The minimum Gasteiger partial charge on any atom is -0.297 e. The fraction of sp³-hybridized carbons (Fsp3) is 0.583. The van der Waals surface area contributed by atoms with Crippen molar-refractivity contribution in [1.82, 2.24) is 9.88 Å². The fourth-order valence-corrected chi connectivity index (χ4v) is 1.42. The molecule has 84 valence electrons. The molecule has 0 aromatic carbocycles. The predicted octanol–water partition coefficient (Wildman–Crippen LogP) is 3.27. The van der Waals surface area contributed by atoms with Crippen molar-refractivity contribution in [3.05, 3.63) is 28.5 Å². The first kappa shape index (κ1) is 12.5. The largest absolute Gasteiger partial charge is 0.297 e. The second kappa shape index (κ2) is 4.50. The molecule has 0 bridgehead atoms. The van der Waals surface area contributed by atoms with Crippen LogP contribution in [0.15, 0.2) is 12.1 Å². The summed E-state index contributed by atoms with van der Waals surface area (Å²) in [6.45, 7) is 9.33. The predicted molar refractivity (Wildman–Crippen MR) is 65.2 cm³/mol. The standard InChI is InChI=1S/C12H19ClN2/c1-9-6-7-10(11(13)14-9)8-15(5)12(2,3)4/h6-7H,8H2,1-5H3. The average Bonchev–Trinajstić information content (AvgIpc) is 2.08. The van der Waals surface area contributed by atoms with Gasteiger partial charge in [0.1, 0.15) is 5.15 Å². The van der Waals surface area contributed by atoms with E-state index in [9.17, 15) is 0 Å². The van der Waals surface area contributed by atoms with Crippen LogP contribution in [-0.4, -0.2) is 22.5 Å². The van der Waals surface area contributed by atoms with Crippen molar-refractivity contribution in [2.45, 2.75) is 39.8 Å². The number of aryl methyl sites for hydroxylation is 1. The Hall–Kier alpha value is -0.600. The van der Waals surface area contributed by atoms with Gasteiger partial charge in [0.25, 0.3) is 0 Å². The topological polar surface area (TPSA) is 16.1 Å². The van der Waals surface area contributed by atoms with Crippen LogP contribution in [0.25, 0.3) is 0 Å². The van der Waals surface area contributed by atoms with Crippen LogP contribution in [0.5, 0.6) is 0 Å². The summed E-state index contributed by atoms with van der Waals surface area (Å²) in [4.78, 5) is 6.50. The molecular weight excluding hydrogens is 208 g/mol. The van der Waals surface area contributed by atoms with Crippen molar-refractivity contribution in [3.63, 3.8) is 0 Å². The summed E-state index contributed by atoms with van der Waals surface area (Å²) in [5.41, 5.74) is 2.19. The third-order valence-electron chi connectivity index (χ3n) is 2.62. The average molecular weight is 227 g/mol. The van der Waals surface area contributed by atoms with Crippen LogP contribution in [0.3, 0.4) is 0 Å². The van der Waals surface area contributed by atoms with Crippen LogP contribution in [-0.2, 0) is 6.54 Å². The summed E-state index contributed by atoms with van der Waals surface area (Å²) < 4.78 is 0. The molecule has 0 saturated heterocycles. The number of halogens is 1. The summed E-state index contributed by atoms with van der Waals surface area (Å²) in [5.74, 6) is 0. The molecule has 3 heteroatoms. The molecule has 2 nitrogen and oxygen atoms in total. The Morgan fingerprint density at radius 2 is 1.93 bits per heavy atom. The number of nitrogens with zero attached hydrogens (tertiary/aromatic N) is 2. The summed E-state index contributed by atoms with van der Waals surface area (Å²) in [6, 6.07) is 4.05. The van der Waals surface area contributed by atoms with Crippen LogP contribution in [0, 0.1) is 6.92 Å². The third-order valence-corrected chi connectivity index (χ3v) is 2.95. The molecule has 0 amide bonds. The van der Waals surface area contributed by atoms with Gasteiger partial charge in [-0.15, -0.1) is 0 Å². The van der Waals surface area contributed by atoms with E-state index in [4.69, 9.17) is 11.6 Å². The normalized spacial score (nSPS) is 12.2. The smallest absolute Gasteiger partial charge is 0.133 e. The summed E-state index contributed by atoms with van der Waals surface area (Å²) in [6.07, 6.45) is 0. The number of hydrogen-bond donors (Lipinski definition) is 0. The van der Waals surface area contributed by atoms with Gasteiger partial charge in [-0.3, -0.25) is 4.90 Å². The molecule has 1 rings (SSSR count). The van der Waals surface area contributed by atoms with E-state index < -0.39 is 0 Å². The van der Waals surface area contributed by atoms with Gasteiger partial charge >= 0.3 is 0 Å². The van der Waals surface area contributed by atoms with Gasteiger partial charge in [0.15, 0.2) is 0 Å². The molecule has 1 aromatic rings. The van der Waals surface area contributed by atoms with E-state index in [1.807, 2.05) is 19.1 Å². The van der Waals surface area contributed by atoms with E-state index in [1.165, 1.54) is 0 Å². The number of hydrogen-bond acceptors (Lipinski definition) is 2. The highest BCUT2D eigenvalue weighted by atomic mass is 35.5. The lowest BCUT2D eigenvalue weighted by molar-refractivity contribution is 0.167. The van der Waals surface area contributed by atoms with E-state index in [0.717, 1.165) is 17.8 Å². The molecule has 0 aliphatic rings. The molecule has 0 unspecified atom stereocenters. The van der Waals surface area contributed by atoms with Gasteiger partial charge < -0.3 is 0 Å². The zero-order chi connectivity index (χ0) is 11.6. The molecule has 0 atom stereocenters. The van der Waals surface area contributed by atoms with Crippen LogP contribution in [0.2, 0.25) is 5.15 Å². The van der Waals surface area contributed by atoms with Gasteiger partial charge in [0.2, 0.25) is 0 Å². The first-order chi connectivity index (χ1) is 6.80. The van der Waals surface area contributed by atoms with E-state index in [0.29, 0.717) is 5.15 Å². The lowest BCUT2D eigenvalue weighted by Crippen LogP contribution is -2.37. The van der Waals surface area contributed by atoms with Crippen LogP contribution in [0.4, 0.5) is 0 Å². The highest BCUT2D eigenvalue weighted by Crippen LogP contribution is 2.19. The van der Waals surface area contributed by atoms with Crippen molar-refractivity contribution in [1.29, 1.82) is 0 Å². The number of aromatic nitrogens is 1. The lowest BCUT2D eigenvalue weighted by Gasteiger charge is -2.32. The van der Waals surface area contributed by atoms with Crippen LogP contribution < -0.4 is 0 Å². The zero-order valence-corrected chi connectivity index (χ0v) is 10.9. The highest BCUT2D eigenvalue weighted by molar-refractivity contribution is 6.30. The molecule has 0 aliphatic heterocycles. The Labute approximate surface area is 97.3 Å². The van der Waals surface area contributed by atoms with Gasteiger partial charge in [-0.05, 0) is 40.8 Å². The first-order valence-corrected chi connectivity index (χ1v) is 5.52. The fourth-order valence-electron chi connectivity index (χ4n) is 1.16. The van der Waals surface area contributed by atoms with Gasteiger partial charge in [0, 0.05) is 23.3 Å². The van der Waals surface area contributed by atoms with E-state index in [2.05, 4.69) is 37.7 Å². The summed E-state index contributed by atoms with van der Waals surface area (Å²) in [7, 11) is 2.09. The SMILES string of the molecule is Cc1ccc(CN(C)C(C)(C)C)c(Cl)n1. The summed E-state index contributed by atoms with van der Waals surface area (Å²) in [5, 5.41) is 0.617. The monoisotopic (exact) mass is 226 g/mol. The van der Waals surface area contributed by atoms with Crippen molar-refractivity contribution in [3.8, 4) is 0 Å². The first-order valence-electron chi connectivity index (χ1n) is 5.14. The molecule has 15 heavy (non-hydrogen) atoms. The Morgan fingerprint density at radius 3 is 2.40 bits per heavy atom. The quantitative estimate of drug-likeness (QED) is 0.720. The van der Waals surface area contributed by atoms with E-state index in [-0.39, 0.29) is 5.54 Å². The number of rotatable bonds is 2.